The first kappa shape index (κ1) is 21.3. The number of halogens is 2. The molecule has 3 aromatic rings. The molecule has 0 radical (unpaired) electrons. The zero-order valence-corrected chi connectivity index (χ0v) is 18.7. The first-order valence-corrected chi connectivity index (χ1v) is 10.9. The highest BCUT2D eigenvalue weighted by Gasteiger charge is 2.31. The predicted octanol–water partition coefficient (Wildman–Crippen LogP) is 4.40. The molecule has 0 saturated heterocycles. The SMILES string of the molecule is O=C1CCc2ccc(NC(=O)c3n[nH]c4c3CN(C(=O)Nc3cccc(Cl)c3Cl)C4)cc2N1. The van der Waals surface area contributed by atoms with Crippen molar-refractivity contribution in [2.75, 3.05) is 16.0 Å². The third-order valence-electron chi connectivity index (χ3n) is 5.61. The van der Waals surface area contributed by atoms with Crippen LogP contribution in [-0.4, -0.2) is 32.9 Å². The van der Waals surface area contributed by atoms with E-state index in [-0.39, 0.29) is 35.7 Å². The first-order chi connectivity index (χ1) is 15.9. The number of carbonyl (C=O) groups excluding carboxylic acids is 3. The Morgan fingerprint density at radius 3 is 2.76 bits per heavy atom. The molecule has 4 N–H and O–H groups in total. The molecule has 0 bridgehead atoms. The highest BCUT2D eigenvalue weighted by molar-refractivity contribution is 6.44. The maximum atomic E-state index is 12.9. The van der Waals surface area contributed by atoms with E-state index in [4.69, 9.17) is 23.2 Å². The number of hydrogen-bond donors (Lipinski definition) is 4. The van der Waals surface area contributed by atoms with Gasteiger partial charge < -0.3 is 20.9 Å². The van der Waals surface area contributed by atoms with Gasteiger partial charge in [0.15, 0.2) is 5.69 Å². The minimum atomic E-state index is -0.408. The van der Waals surface area contributed by atoms with Crippen molar-refractivity contribution < 1.29 is 14.4 Å². The summed E-state index contributed by atoms with van der Waals surface area (Å²) < 4.78 is 0. The number of amides is 4. The van der Waals surface area contributed by atoms with E-state index in [1.165, 1.54) is 4.90 Å². The summed E-state index contributed by atoms with van der Waals surface area (Å²) in [5, 5.41) is 15.9. The Morgan fingerprint density at radius 1 is 1.06 bits per heavy atom. The quantitative estimate of drug-likeness (QED) is 0.440. The van der Waals surface area contributed by atoms with Gasteiger partial charge in [-0.25, -0.2) is 4.79 Å². The third kappa shape index (κ3) is 4.12. The van der Waals surface area contributed by atoms with Gasteiger partial charge in [0.05, 0.1) is 34.5 Å². The second-order valence-corrected chi connectivity index (χ2v) is 8.58. The Morgan fingerprint density at radius 2 is 1.91 bits per heavy atom. The van der Waals surface area contributed by atoms with Crippen molar-refractivity contribution >= 4 is 58.1 Å². The van der Waals surface area contributed by atoms with Crippen LogP contribution >= 0.6 is 23.2 Å². The zero-order valence-electron chi connectivity index (χ0n) is 17.2. The lowest BCUT2D eigenvalue weighted by Gasteiger charge is -2.18. The van der Waals surface area contributed by atoms with Gasteiger partial charge in [-0.15, -0.1) is 0 Å². The van der Waals surface area contributed by atoms with E-state index in [1.54, 1.807) is 30.3 Å². The van der Waals surface area contributed by atoms with E-state index in [9.17, 15) is 14.4 Å². The number of carbonyl (C=O) groups is 3. The predicted molar refractivity (Wildman–Crippen MR) is 125 cm³/mol. The molecule has 5 rings (SSSR count). The average Bonchev–Trinajstić information content (AvgIpc) is 3.37. The van der Waals surface area contributed by atoms with Crippen molar-refractivity contribution in [3.05, 3.63) is 69.0 Å². The van der Waals surface area contributed by atoms with Crippen LogP contribution in [0, 0.1) is 0 Å². The zero-order chi connectivity index (χ0) is 23.1. The number of fused-ring (bicyclic) bond motifs is 2. The number of urea groups is 1. The number of aromatic nitrogens is 2. The summed E-state index contributed by atoms with van der Waals surface area (Å²) in [6.45, 7) is 0.476. The van der Waals surface area contributed by atoms with Crippen molar-refractivity contribution in [1.29, 1.82) is 0 Å². The number of aryl methyl sites for hydroxylation is 1. The molecule has 0 saturated carbocycles. The van der Waals surface area contributed by atoms with Crippen LogP contribution in [0.15, 0.2) is 36.4 Å². The fourth-order valence-electron chi connectivity index (χ4n) is 3.91. The Labute approximate surface area is 198 Å². The van der Waals surface area contributed by atoms with E-state index in [0.717, 1.165) is 5.56 Å². The standard InChI is InChI=1S/C22H18Cl2N6O3/c23-14-2-1-3-15(19(14)24)27-22(33)30-9-13-17(10-30)28-29-20(13)21(32)25-12-6-4-11-5-7-18(31)26-16(11)8-12/h1-4,6,8H,5,7,9-10H2,(H,25,32)(H,26,31)(H,27,33)(H,28,29). The second kappa shape index (κ2) is 8.42. The van der Waals surface area contributed by atoms with Crippen molar-refractivity contribution in [2.45, 2.75) is 25.9 Å². The second-order valence-electron chi connectivity index (χ2n) is 7.79. The molecule has 0 fully saturated rings. The maximum absolute atomic E-state index is 12.9. The van der Waals surface area contributed by atoms with Crippen LogP contribution in [0.3, 0.4) is 0 Å². The van der Waals surface area contributed by atoms with Crippen LogP contribution in [0.5, 0.6) is 0 Å². The van der Waals surface area contributed by atoms with Gasteiger partial charge in [-0.05, 0) is 36.2 Å². The van der Waals surface area contributed by atoms with Gasteiger partial charge in [-0.2, -0.15) is 5.10 Å². The van der Waals surface area contributed by atoms with E-state index >= 15 is 0 Å². The molecule has 9 nitrogen and oxygen atoms in total. The van der Waals surface area contributed by atoms with Gasteiger partial charge in [-0.1, -0.05) is 35.3 Å². The number of H-pyrrole nitrogens is 1. The van der Waals surface area contributed by atoms with Crippen molar-refractivity contribution in [3.63, 3.8) is 0 Å². The first-order valence-electron chi connectivity index (χ1n) is 10.2. The smallest absolute Gasteiger partial charge is 0.322 e. The number of nitrogens with one attached hydrogen (secondary N) is 4. The van der Waals surface area contributed by atoms with E-state index in [1.807, 2.05) is 6.07 Å². The van der Waals surface area contributed by atoms with Gasteiger partial charge in [-0.3, -0.25) is 14.7 Å². The molecule has 2 aliphatic rings. The number of rotatable bonds is 3. The van der Waals surface area contributed by atoms with Crippen LogP contribution in [0.25, 0.3) is 0 Å². The highest BCUT2D eigenvalue weighted by Crippen LogP contribution is 2.31. The molecule has 1 aromatic heterocycles. The fourth-order valence-corrected chi connectivity index (χ4v) is 4.25. The van der Waals surface area contributed by atoms with Crippen LogP contribution in [-0.2, 0) is 24.3 Å². The van der Waals surface area contributed by atoms with Gasteiger partial charge in [0.25, 0.3) is 5.91 Å². The summed E-state index contributed by atoms with van der Waals surface area (Å²) in [6.07, 6.45) is 1.12. The molecule has 2 aliphatic heterocycles. The molecule has 0 spiro atoms. The lowest BCUT2D eigenvalue weighted by Crippen LogP contribution is -2.31. The minimum Gasteiger partial charge on any atom is -0.326 e. The molecule has 33 heavy (non-hydrogen) atoms. The summed E-state index contributed by atoms with van der Waals surface area (Å²) >= 11 is 12.2. The van der Waals surface area contributed by atoms with Gasteiger partial charge in [0.2, 0.25) is 5.91 Å². The van der Waals surface area contributed by atoms with Gasteiger partial charge in [0, 0.05) is 23.4 Å². The number of nitrogens with zero attached hydrogens (tertiary/aromatic N) is 2. The number of anilines is 3. The van der Waals surface area contributed by atoms with Crippen molar-refractivity contribution in [1.82, 2.24) is 15.1 Å². The summed E-state index contributed by atoms with van der Waals surface area (Å²) in [4.78, 5) is 38.8. The monoisotopic (exact) mass is 484 g/mol. The topological polar surface area (TPSA) is 119 Å². The van der Waals surface area contributed by atoms with Gasteiger partial charge >= 0.3 is 6.03 Å². The number of aromatic amines is 1. The maximum Gasteiger partial charge on any atom is 0.322 e. The van der Waals surface area contributed by atoms with Crippen LogP contribution in [0.2, 0.25) is 10.0 Å². The Kier molecular flexibility index (Phi) is 5.43. The molecule has 4 amide bonds. The van der Waals surface area contributed by atoms with Crippen LogP contribution < -0.4 is 16.0 Å². The molecular weight excluding hydrogens is 467 g/mol. The third-order valence-corrected chi connectivity index (χ3v) is 6.43. The Balaban J connectivity index is 1.28. The molecular formula is C22H18Cl2N6O3. The largest absolute Gasteiger partial charge is 0.326 e. The number of benzene rings is 2. The molecule has 3 heterocycles. The summed E-state index contributed by atoms with van der Waals surface area (Å²) in [6, 6.07) is 10.00. The molecule has 0 unspecified atom stereocenters. The van der Waals surface area contributed by atoms with E-state index in [2.05, 4.69) is 26.1 Å². The van der Waals surface area contributed by atoms with E-state index < -0.39 is 5.91 Å². The summed E-state index contributed by atoms with van der Waals surface area (Å²) in [7, 11) is 0. The normalized spacial score (nSPS) is 14.4. The average molecular weight is 485 g/mol. The van der Waals surface area contributed by atoms with Crippen molar-refractivity contribution in [3.8, 4) is 0 Å². The number of hydrogen-bond acceptors (Lipinski definition) is 4. The fraction of sp³-hybridized carbons (Fsp3) is 0.182. The summed E-state index contributed by atoms with van der Waals surface area (Å²) in [5.41, 5.74) is 4.20. The van der Waals surface area contributed by atoms with Crippen LogP contribution in [0.1, 0.15) is 33.7 Å². The van der Waals surface area contributed by atoms with Crippen molar-refractivity contribution in [2.24, 2.45) is 0 Å². The van der Waals surface area contributed by atoms with Gasteiger partial charge in [0.1, 0.15) is 0 Å². The molecule has 0 aliphatic carbocycles. The lowest BCUT2D eigenvalue weighted by atomic mass is 10.0. The summed E-state index contributed by atoms with van der Waals surface area (Å²) in [5.74, 6) is -0.455. The molecule has 168 valence electrons. The Bertz CT molecular complexity index is 1310. The molecule has 11 heteroatoms. The van der Waals surface area contributed by atoms with Crippen LogP contribution in [0.4, 0.5) is 21.9 Å². The van der Waals surface area contributed by atoms with E-state index in [0.29, 0.717) is 46.2 Å². The minimum absolute atomic E-state index is 0.0477. The molecule has 0 atom stereocenters. The lowest BCUT2D eigenvalue weighted by molar-refractivity contribution is -0.116. The molecule has 2 aromatic carbocycles. The highest BCUT2D eigenvalue weighted by atomic mass is 35.5. The Hall–Kier alpha value is -3.56.